The van der Waals surface area contributed by atoms with Crippen LogP contribution in [0.25, 0.3) is 10.4 Å². The highest BCUT2D eigenvalue weighted by molar-refractivity contribution is 7.17. The summed E-state index contributed by atoms with van der Waals surface area (Å²) in [5.74, 6) is 0.221. The molecule has 3 rings (SSSR count). The molecular weight excluding hydrogens is 336 g/mol. The Labute approximate surface area is 149 Å². The van der Waals surface area contributed by atoms with Crippen molar-refractivity contribution in [3.05, 3.63) is 76.7 Å². The Balaban J connectivity index is 1.89. The summed E-state index contributed by atoms with van der Waals surface area (Å²) < 4.78 is 10.7. The van der Waals surface area contributed by atoms with E-state index in [9.17, 15) is 9.59 Å². The molecule has 0 aliphatic heterocycles. The van der Waals surface area contributed by atoms with Gasteiger partial charge in [-0.1, -0.05) is 30.3 Å². The molecule has 126 valence electrons. The van der Waals surface area contributed by atoms with E-state index in [1.165, 1.54) is 11.3 Å². The largest absolute Gasteiger partial charge is 0.497 e. The molecule has 0 saturated carbocycles. The zero-order chi connectivity index (χ0) is 17.6. The van der Waals surface area contributed by atoms with Crippen molar-refractivity contribution in [3.8, 4) is 16.2 Å². The van der Waals surface area contributed by atoms with Crippen molar-refractivity contribution in [2.24, 2.45) is 0 Å². The van der Waals surface area contributed by atoms with Crippen LogP contribution in [-0.4, -0.2) is 19.4 Å². The van der Waals surface area contributed by atoms with Crippen LogP contribution in [0.3, 0.4) is 0 Å². The van der Waals surface area contributed by atoms with E-state index in [4.69, 9.17) is 9.47 Å². The fourth-order valence-corrected chi connectivity index (χ4v) is 3.25. The van der Waals surface area contributed by atoms with Crippen LogP contribution in [0, 0.1) is 0 Å². The van der Waals surface area contributed by atoms with Gasteiger partial charge < -0.3 is 9.47 Å². The topological polar surface area (TPSA) is 52.6 Å². The lowest BCUT2D eigenvalue weighted by atomic mass is 10.1. The van der Waals surface area contributed by atoms with Crippen LogP contribution in [0.1, 0.15) is 25.6 Å². The first-order chi connectivity index (χ1) is 12.2. The number of aldehydes is 1. The number of esters is 1. The third kappa shape index (κ3) is 3.95. The molecule has 0 amide bonds. The first-order valence-electron chi connectivity index (χ1n) is 7.65. The van der Waals surface area contributed by atoms with Gasteiger partial charge in [-0.25, -0.2) is 4.79 Å². The molecule has 5 heteroatoms. The Kier molecular flexibility index (Phi) is 5.26. The number of methoxy groups -OCH3 is 1. The normalized spacial score (nSPS) is 10.3. The van der Waals surface area contributed by atoms with Gasteiger partial charge in [0.05, 0.1) is 17.6 Å². The summed E-state index contributed by atoms with van der Waals surface area (Å²) in [5.41, 5.74) is 2.05. The molecule has 0 bridgehead atoms. The van der Waals surface area contributed by atoms with Crippen LogP contribution < -0.4 is 4.74 Å². The lowest BCUT2D eigenvalue weighted by Gasteiger charge is -2.10. The van der Waals surface area contributed by atoms with Crippen molar-refractivity contribution in [3.63, 3.8) is 0 Å². The van der Waals surface area contributed by atoms with Gasteiger partial charge in [0.25, 0.3) is 0 Å². The van der Waals surface area contributed by atoms with Crippen LogP contribution >= 0.6 is 11.3 Å². The minimum atomic E-state index is -0.414. The van der Waals surface area contributed by atoms with Crippen LogP contribution in [0.4, 0.5) is 0 Å². The van der Waals surface area contributed by atoms with Crippen molar-refractivity contribution in [2.75, 3.05) is 7.11 Å². The summed E-state index contributed by atoms with van der Waals surface area (Å²) in [4.78, 5) is 24.9. The molecular formula is C20H16O4S. The second kappa shape index (κ2) is 7.77. The molecule has 3 aromatic rings. The summed E-state index contributed by atoms with van der Waals surface area (Å²) >= 11 is 1.32. The van der Waals surface area contributed by atoms with Crippen molar-refractivity contribution >= 4 is 23.6 Å². The van der Waals surface area contributed by atoms with E-state index in [0.717, 1.165) is 16.7 Å². The van der Waals surface area contributed by atoms with Gasteiger partial charge in [0.15, 0.2) is 6.29 Å². The monoisotopic (exact) mass is 352 g/mol. The van der Waals surface area contributed by atoms with Gasteiger partial charge in [0, 0.05) is 10.4 Å². The van der Waals surface area contributed by atoms with E-state index < -0.39 is 5.97 Å². The van der Waals surface area contributed by atoms with Crippen molar-refractivity contribution in [1.29, 1.82) is 0 Å². The molecule has 0 atom stereocenters. The highest BCUT2D eigenvalue weighted by atomic mass is 32.1. The molecule has 25 heavy (non-hydrogen) atoms. The van der Waals surface area contributed by atoms with Crippen LogP contribution in [-0.2, 0) is 11.3 Å². The Morgan fingerprint density at radius 2 is 1.88 bits per heavy atom. The first kappa shape index (κ1) is 16.9. The molecule has 1 aromatic heterocycles. The van der Waals surface area contributed by atoms with Gasteiger partial charge in [-0.15, -0.1) is 11.3 Å². The lowest BCUT2D eigenvalue weighted by molar-refractivity contribution is 0.0473. The molecule has 0 aliphatic carbocycles. The van der Waals surface area contributed by atoms with Crippen LogP contribution in [0.5, 0.6) is 5.75 Å². The average molecular weight is 352 g/mol. The quantitative estimate of drug-likeness (QED) is 0.481. The van der Waals surface area contributed by atoms with Gasteiger partial charge in [0.1, 0.15) is 12.4 Å². The molecule has 0 spiro atoms. The number of thiophene rings is 1. The van der Waals surface area contributed by atoms with E-state index in [1.807, 2.05) is 36.4 Å². The molecule has 0 saturated heterocycles. The molecule has 0 fully saturated rings. The zero-order valence-corrected chi connectivity index (χ0v) is 14.4. The number of carbonyl (C=O) groups is 2. The predicted molar refractivity (Wildman–Crippen MR) is 97.3 cm³/mol. The van der Waals surface area contributed by atoms with Gasteiger partial charge >= 0.3 is 5.97 Å². The SMILES string of the molecule is COc1ccc(C(=O)OCc2ccccc2)c(-c2ccc(C=O)s2)c1. The van der Waals surface area contributed by atoms with Crippen molar-refractivity contribution in [1.82, 2.24) is 0 Å². The maximum Gasteiger partial charge on any atom is 0.339 e. The molecule has 0 radical (unpaired) electrons. The van der Waals surface area contributed by atoms with Crippen LogP contribution in [0.2, 0.25) is 0 Å². The van der Waals surface area contributed by atoms with E-state index in [1.54, 1.807) is 31.4 Å². The number of hydrogen-bond acceptors (Lipinski definition) is 5. The summed E-state index contributed by atoms with van der Waals surface area (Å²) in [6, 6.07) is 18.2. The van der Waals surface area contributed by atoms with Gasteiger partial charge in [-0.3, -0.25) is 4.79 Å². The molecule has 0 N–H and O–H groups in total. The Morgan fingerprint density at radius 3 is 2.56 bits per heavy atom. The fraction of sp³-hybridized carbons (Fsp3) is 0.100. The van der Waals surface area contributed by atoms with Crippen molar-refractivity contribution in [2.45, 2.75) is 6.61 Å². The van der Waals surface area contributed by atoms with Crippen LogP contribution in [0.15, 0.2) is 60.7 Å². The summed E-state index contributed by atoms with van der Waals surface area (Å²) in [7, 11) is 1.57. The first-order valence-corrected chi connectivity index (χ1v) is 8.47. The lowest BCUT2D eigenvalue weighted by Crippen LogP contribution is -2.07. The van der Waals surface area contributed by atoms with Crippen molar-refractivity contribution < 1.29 is 19.1 Å². The number of hydrogen-bond donors (Lipinski definition) is 0. The Morgan fingerprint density at radius 1 is 1.08 bits per heavy atom. The molecule has 2 aromatic carbocycles. The smallest absolute Gasteiger partial charge is 0.339 e. The summed E-state index contributed by atoms with van der Waals surface area (Å²) in [5, 5.41) is 0. The maximum absolute atomic E-state index is 12.6. The highest BCUT2D eigenvalue weighted by Crippen LogP contribution is 2.33. The number of ether oxygens (including phenoxy) is 2. The van der Waals surface area contributed by atoms with E-state index in [2.05, 4.69) is 0 Å². The summed E-state index contributed by atoms with van der Waals surface area (Å²) in [6.07, 6.45) is 0.793. The summed E-state index contributed by atoms with van der Waals surface area (Å²) in [6.45, 7) is 0.204. The molecule has 4 nitrogen and oxygen atoms in total. The fourth-order valence-electron chi connectivity index (χ4n) is 2.39. The maximum atomic E-state index is 12.6. The second-order valence-corrected chi connectivity index (χ2v) is 6.41. The van der Waals surface area contributed by atoms with E-state index in [-0.39, 0.29) is 6.61 Å². The zero-order valence-electron chi connectivity index (χ0n) is 13.6. The number of carbonyl (C=O) groups excluding carboxylic acids is 2. The minimum Gasteiger partial charge on any atom is -0.497 e. The minimum absolute atomic E-state index is 0.204. The number of benzene rings is 2. The van der Waals surface area contributed by atoms with Gasteiger partial charge in [-0.2, -0.15) is 0 Å². The predicted octanol–water partition coefficient (Wildman–Crippen LogP) is 4.59. The van der Waals surface area contributed by atoms with Gasteiger partial charge in [0.2, 0.25) is 0 Å². The molecule has 0 aliphatic rings. The van der Waals surface area contributed by atoms with E-state index in [0.29, 0.717) is 21.8 Å². The molecule has 1 heterocycles. The van der Waals surface area contributed by atoms with E-state index >= 15 is 0 Å². The molecule has 0 unspecified atom stereocenters. The highest BCUT2D eigenvalue weighted by Gasteiger charge is 2.17. The second-order valence-electron chi connectivity index (χ2n) is 5.29. The Hall–Kier alpha value is -2.92. The van der Waals surface area contributed by atoms with Gasteiger partial charge in [-0.05, 0) is 35.9 Å². The average Bonchev–Trinajstić information content (AvgIpc) is 3.15. The Bertz CT molecular complexity index is 884. The third-order valence-electron chi connectivity index (χ3n) is 3.67. The number of rotatable bonds is 6. The standard InChI is InChI=1S/C20H16O4S/c1-23-15-7-9-17(18(11-15)19-10-8-16(12-21)25-19)20(22)24-13-14-5-3-2-4-6-14/h2-12H,13H2,1H3. The third-order valence-corrected chi connectivity index (χ3v) is 4.71.